The molecule has 2 aromatic carbocycles. The third-order valence-corrected chi connectivity index (χ3v) is 6.92. The molecular formula is C18H17NO4S2. The van der Waals surface area contributed by atoms with Crippen LogP contribution in [0.5, 0.6) is 0 Å². The molecule has 130 valence electrons. The van der Waals surface area contributed by atoms with Gasteiger partial charge in [-0.3, -0.25) is 4.31 Å². The van der Waals surface area contributed by atoms with Gasteiger partial charge in [-0.2, -0.15) is 0 Å². The van der Waals surface area contributed by atoms with Crippen LogP contribution in [0.3, 0.4) is 0 Å². The second-order valence-corrected chi connectivity index (χ2v) is 9.02. The van der Waals surface area contributed by atoms with E-state index in [1.54, 1.807) is 36.4 Å². The first-order valence-corrected chi connectivity index (χ1v) is 10.3. The molecule has 0 N–H and O–H groups in total. The number of hydrogen-bond donors (Lipinski definition) is 0. The highest BCUT2D eigenvalue weighted by molar-refractivity contribution is 7.92. The fourth-order valence-corrected chi connectivity index (χ4v) is 4.99. The molecule has 5 nitrogen and oxygen atoms in total. The average molecular weight is 375 g/mol. The molecule has 0 spiro atoms. The van der Waals surface area contributed by atoms with E-state index in [9.17, 15) is 16.8 Å². The molecule has 0 atom stereocenters. The first-order valence-electron chi connectivity index (χ1n) is 7.26. The van der Waals surface area contributed by atoms with Crippen molar-refractivity contribution in [1.29, 1.82) is 0 Å². The Hall–Kier alpha value is -2.56. The highest BCUT2D eigenvalue weighted by Crippen LogP contribution is 2.22. The predicted molar refractivity (Wildman–Crippen MR) is 96.8 cm³/mol. The largest absolute Gasteiger partial charge is 0.264 e. The fraction of sp³-hybridized carbons (Fsp3) is 0.111. The number of sulfone groups is 1. The van der Waals surface area contributed by atoms with Gasteiger partial charge in [-0.1, -0.05) is 48.9 Å². The summed E-state index contributed by atoms with van der Waals surface area (Å²) in [5.74, 6) is 1.69. The van der Waals surface area contributed by atoms with Gasteiger partial charge in [-0.15, -0.1) is 6.42 Å². The van der Waals surface area contributed by atoms with E-state index >= 15 is 0 Å². The van der Waals surface area contributed by atoms with Gasteiger partial charge in [0.25, 0.3) is 10.0 Å². The number of sulfonamides is 1. The van der Waals surface area contributed by atoms with Crippen LogP contribution in [0.25, 0.3) is 0 Å². The molecule has 0 heterocycles. The lowest BCUT2D eigenvalue weighted by atomic mass is 10.4. The van der Waals surface area contributed by atoms with Crippen LogP contribution in [-0.2, 0) is 19.9 Å². The molecule has 0 saturated heterocycles. The van der Waals surface area contributed by atoms with Crippen molar-refractivity contribution < 1.29 is 16.8 Å². The van der Waals surface area contributed by atoms with Crippen LogP contribution >= 0.6 is 0 Å². The van der Waals surface area contributed by atoms with Crippen LogP contribution in [0.4, 0.5) is 0 Å². The van der Waals surface area contributed by atoms with Gasteiger partial charge in [0.1, 0.15) is 0 Å². The van der Waals surface area contributed by atoms with Gasteiger partial charge in [0, 0.05) is 5.70 Å². The summed E-state index contributed by atoms with van der Waals surface area (Å²) in [6.45, 7) is 3.34. The number of hydrogen-bond acceptors (Lipinski definition) is 4. The predicted octanol–water partition coefficient (Wildman–Crippen LogP) is 2.30. The first kappa shape index (κ1) is 18.8. The SMILES string of the molecule is C#CCN(C(=C)CS(=O)(=O)c1ccccc1)S(=O)(=O)c1ccccc1. The Kier molecular flexibility index (Phi) is 5.67. The van der Waals surface area contributed by atoms with E-state index in [4.69, 9.17) is 6.42 Å². The highest BCUT2D eigenvalue weighted by Gasteiger charge is 2.28. The van der Waals surface area contributed by atoms with Crippen molar-refractivity contribution in [1.82, 2.24) is 4.31 Å². The third kappa shape index (κ3) is 4.29. The third-order valence-electron chi connectivity index (χ3n) is 3.38. The molecule has 7 heteroatoms. The standard InChI is InChI=1S/C18H17NO4S2/c1-3-14-19(25(22,23)18-12-8-5-9-13-18)16(2)15-24(20,21)17-10-6-4-7-11-17/h1,4-13H,2,14-15H2. The highest BCUT2D eigenvalue weighted by atomic mass is 32.2. The minimum absolute atomic E-state index is 0.0171. The minimum atomic E-state index is -3.99. The zero-order valence-corrected chi connectivity index (χ0v) is 15.0. The minimum Gasteiger partial charge on any atom is -0.258 e. The van der Waals surface area contributed by atoms with Crippen molar-refractivity contribution in [2.75, 3.05) is 12.3 Å². The van der Waals surface area contributed by atoms with Crippen LogP contribution < -0.4 is 0 Å². The van der Waals surface area contributed by atoms with E-state index in [0.717, 1.165) is 4.31 Å². The van der Waals surface area contributed by atoms with Crippen molar-refractivity contribution in [3.05, 3.63) is 72.9 Å². The van der Waals surface area contributed by atoms with Gasteiger partial charge in [-0.25, -0.2) is 16.8 Å². The summed E-state index contributed by atoms with van der Waals surface area (Å²) in [5, 5.41) is 0. The molecule has 2 rings (SSSR count). The second kappa shape index (κ2) is 7.55. The summed E-state index contributed by atoms with van der Waals surface area (Å²) in [5.41, 5.74) is -0.106. The van der Waals surface area contributed by atoms with Crippen molar-refractivity contribution in [3.8, 4) is 12.3 Å². The van der Waals surface area contributed by atoms with Crippen LogP contribution in [0.1, 0.15) is 0 Å². The van der Waals surface area contributed by atoms with Gasteiger partial charge in [0.15, 0.2) is 9.84 Å². The number of nitrogens with zero attached hydrogens (tertiary/aromatic N) is 1. The van der Waals surface area contributed by atoms with Gasteiger partial charge >= 0.3 is 0 Å². The Morgan fingerprint density at radius 1 is 0.920 bits per heavy atom. The number of terminal acetylenes is 1. The number of benzene rings is 2. The normalized spacial score (nSPS) is 11.5. The lowest BCUT2D eigenvalue weighted by Crippen LogP contribution is -2.33. The summed E-state index contributed by atoms with van der Waals surface area (Å²) in [7, 11) is -7.73. The molecule has 0 amide bonds. The Labute approximate surface area is 148 Å². The fourth-order valence-electron chi connectivity index (χ4n) is 2.17. The van der Waals surface area contributed by atoms with E-state index in [2.05, 4.69) is 12.5 Å². The quantitative estimate of drug-likeness (QED) is 0.696. The molecule has 0 bridgehead atoms. The molecule has 0 aromatic heterocycles. The topological polar surface area (TPSA) is 71.5 Å². The van der Waals surface area contributed by atoms with Crippen LogP contribution in [0.2, 0.25) is 0 Å². The molecule has 2 aromatic rings. The maximum absolute atomic E-state index is 12.8. The van der Waals surface area contributed by atoms with E-state index in [1.807, 2.05) is 0 Å². The lowest BCUT2D eigenvalue weighted by Gasteiger charge is -2.24. The van der Waals surface area contributed by atoms with E-state index in [0.29, 0.717) is 0 Å². The summed E-state index contributed by atoms with van der Waals surface area (Å²) >= 11 is 0. The molecule has 0 aliphatic rings. The summed E-state index contributed by atoms with van der Waals surface area (Å²) < 4.78 is 51.3. The summed E-state index contributed by atoms with van der Waals surface area (Å²) in [6, 6.07) is 15.4. The molecule has 0 radical (unpaired) electrons. The second-order valence-electron chi connectivity index (χ2n) is 5.17. The first-order chi connectivity index (χ1) is 11.8. The molecule has 0 fully saturated rings. The maximum atomic E-state index is 12.8. The van der Waals surface area contributed by atoms with Crippen molar-refractivity contribution >= 4 is 19.9 Å². The Morgan fingerprint density at radius 2 is 1.40 bits per heavy atom. The molecular weight excluding hydrogens is 358 g/mol. The summed E-state index contributed by atoms with van der Waals surface area (Å²) in [4.78, 5) is 0.109. The van der Waals surface area contributed by atoms with Crippen LogP contribution in [0, 0.1) is 12.3 Å². The maximum Gasteiger partial charge on any atom is 0.264 e. The summed E-state index contributed by atoms with van der Waals surface area (Å²) in [6.07, 6.45) is 5.27. The Balaban J connectivity index is 2.35. The number of rotatable bonds is 7. The Morgan fingerprint density at radius 3 is 1.88 bits per heavy atom. The smallest absolute Gasteiger partial charge is 0.258 e. The Bertz CT molecular complexity index is 990. The van der Waals surface area contributed by atoms with Crippen molar-refractivity contribution in [2.45, 2.75) is 9.79 Å². The lowest BCUT2D eigenvalue weighted by molar-refractivity contribution is 0.507. The van der Waals surface area contributed by atoms with Crippen molar-refractivity contribution in [3.63, 3.8) is 0 Å². The van der Waals surface area contributed by atoms with Crippen LogP contribution in [-0.4, -0.2) is 33.4 Å². The van der Waals surface area contributed by atoms with Gasteiger partial charge in [0.2, 0.25) is 0 Å². The molecule has 0 aliphatic heterocycles. The van der Waals surface area contributed by atoms with Gasteiger partial charge in [-0.05, 0) is 24.3 Å². The zero-order valence-electron chi connectivity index (χ0n) is 13.4. The molecule has 0 unspecified atom stereocenters. The van der Waals surface area contributed by atoms with E-state index < -0.39 is 25.6 Å². The monoisotopic (exact) mass is 375 g/mol. The van der Waals surface area contributed by atoms with Gasteiger partial charge in [0.05, 0.1) is 22.1 Å². The molecule has 0 aliphatic carbocycles. The van der Waals surface area contributed by atoms with E-state index in [-0.39, 0.29) is 22.0 Å². The molecule has 0 saturated carbocycles. The van der Waals surface area contributed by atoms with E-state index in [1.165, 1.54) is 24.3 Å². The van der Waals surface area contributed by atoms with Gasteiger partial charge < -0.3 is 0 Å². The van der Waals surface area contributed by atoms with Crippen LogP contribution in [0.15, 0.2) is 82.7 Å². The van der Waals surface area contributed by atoms with Crippen molar-refractivity contribution in [2.24, 2.45) is 0 Å². The molecule has 25 heavy (non-hydrogen) atoms. The zero-order chi connectivity index (χ0) is 18.5. The average Bonchev–Trinajstić information content (AvgIpc) is 2.60.